The van der Waals surface area contributed by atoms with Crippen molar-refractivity contribution in [3.63, 3.8) is 0 Å². The maximum absolute atomic E-state index is 3.84. The van der Waals surface area contributed by atoms with E-state index in [0.717, 1.165) is 0 Å². The minimum absolute atomic E-state index is 0.317. The zero-order chi connectivity index (χ0) is 16.0. The molecule has 120 valence electrons. The van der Waals surface area contributed by atoms with Crippen LogP contribution in [-0.4, -0.2) is 6.04 Å². The highest BCUT2D eigenvalue weighted by Gasteiger charge is 2.41. The molecule has 2 aliphatic rings. The number of benzene rings is 1. The summed E-state index contributed by atoms with van der Waals surface area (Å²) in [6, 6.07) is 9.34. The summed E-state index contributed by atoms with van der Waals surface area (Å²) in [4.78, 5) is 0. The fourth-order valence-corrected chi connectivity index (χ4v) is 4.40. The zero-order valence-corrected chi connectivity index (χ0v) is 14.9. The number of anilines is 1. The average molecular weight is 297 g/mol. The number of aryl methyl sites for hydroxylation is 1. The molecule has 1 aromatic carbocycles. The Balaban J connectivity index is 1.86. The fourth-order valence-electron chi connectivity index (χ4n) is 4.40. The van der Waals surface area contributed by atoms with Gasteiger partial charge < -0.3 is 5.32 Å². The molecular weight excluding hydrogens is 266 g/mol. The van der Waals surface area contributed by atoms with Crippen LogP contribution in [-0.2, 0) is 0 Å². The highest BCUT2D eigenvalue weighted by atomic mass is 14.9. The summed E-state index contributed by atoms with van der Waals surface area (Å²) in [6.07, 6.45) is 6.51. The second kappa shape index (κ2) is 5.44. The van der Waals surface area contributed by atoms with Gasteiger partial charge in [0.15, 0.2) is 0 Å². The maximum atomic E-state index is 3.84. The molecule has 0 amide bonds. The van der Waals surface area contributed by atoms with Gasteiger partial charge in [-0.2, -0.15) is 0 Å². The van der Waals surface area contributed by atoms with Crippen molar-refractivity contribution in [1.82, 2.24) is 0 Å². The lowest BCUT2D eigenvalue weighted by Gasteiger charge is -2.48. The van der Waals surface area contributed by atoms with Crippen molar-refractivity contribution in [3.8, 4) is 0 Å². The van der Waals surface area contributed by atoms with Gasteiger partial charge in [0.1, 0.15) is 0 Å². The van der Waals surface area contributed by atoms with Crippen LogP contribution in [0, 0.1) is 17.8 Å². The van der Waals surface area contributed by atoms with Gasteiger partial charge in [-0.25, -0.2) is 0 Å². The molecule has 2 aliphatic carbocycles. The Morgan fingerprint density at radius 2 is 1.91 bits per heavy atom. The van der Waals surface area contributed by atoms with Gasteiger partial charge in [-0.3, -0.25) is 0 Å². The normalized spacial score (nSPS) is 26.5. The highest BCUT2D eigenvalue weighted by Crippen LogP contribution is 2.51. The van der Waals surface area contributed by atoms with Crippen LogP contribution < -0.4 is 5.32 Å². The van der Waals surface area contributed by atoms with Gasteiger partial charge in [0.25, 0.3) is 0 Å². The van der Waals surface area contributed by atoms with E-state index < -0.39 is 0 Å². The summed E-state index contributed by atoms with van der Waals surface area (Å²) in [5.41, 5.74) is 6.86. The van der Waals surface area contributed by atoms with Gasteiger partial charge >= 0.3 is 0 Å². The molecule has 0 heterocycles. The van der Waals surface area contributed by atoms with Crippen LogP contribution in [0.4, 0.5) is 5.69 Å². The van der Waals surface area contributed by atoms with E-state index in [1.54, 1.807) is 11.1 Å². The van der Waals surface area contributed by atoms with Crippen LogP contribution in [0.3, 0.4) is 0 Å². The van der Waals surface area contributed by atoms with Gasteiger partial charge in [0.2, 0.25) is 0 Å². The summed E-state index contributed by atoms with van der Waals surface area (Å²) in [6.45, 7) is 11.9. The Morgan fingerprint density at radius 1 is 1.14 bits per heavy atom. The van der Waals surface area contributed by atoms with Crippen LogP contribution >= 0.6 is 0 Å². The zero-order valence-electron chi connectivity index (χ0n) is 14.9. The third-order valence-electron chi connectivity index (χ3n) is 5.91. The molecule has 1 heteroatoms. The van der Waals surface area contributed by atoms with Crippen molar-refractivity contribution in [2.45, 2.75) is 72.8 Å². The molecule has 1 N–H and O–H groups in total. The van der Waals surface area contributed by atoms with Crippen molar-refractivity contribution < 1.29 is 0 Å². The Labute approximate surface area is 136 Å². The summed E-state index contributed by atoms with van der Waals surface area (Å²) in [5.74, 6) is 0. The molecule has 3 rings (SSSR count). The van der Waals surface area contributed by atoms with Crippen molar-refractivity contribution in [1.29, 1.82) is 0 Å². The lowest BCUT2D eigenvalue weighted by atomic mass is 9.60. The highest BCUT2D eigenvalue weighted by molar-refractivity contribution is 5.48. The molecule has 0 saturated carbocycles. The average Bonchev–Trinajstić information content (AvgIpc) is 2.40. The predicted molar refractivity (Wildman–Crippen MR) is 96.3 cm³/mol. The van der Waals surface area contributed by atoms with E-state index in [1.165, 1.54) is 43.4 Å². The molecule has 0 saturated heterocycles. The molecule has 0 aromatic heterocycles. The summed E-state index contributed by atoms with van der Waals surface area (Å²) in [7, 11) is 0. The first kappa shape index (κ1) is 15.6. The van der Waals surface area contributed by atoms with Crippen LogP contribution in [0.2, 0.25) is 0 Å². The van der Waals surface area contributed by atoms with Gasteiger partial charge in [0.05, 0.1) is 0 Å². The SMILES string of the molecule is Cc1cccc(NC2CC3=C(CC2(C)C)C(C)(C)CCC3)c1. The van der Waals surface area contributed by atoms with Crippen LogP contribution in [0.5, 0.6) is 0 Å². The predicted octanol–water partition coefficient (Wildman–Crippen LogP) is 6.10. The fraction of sp³-hybridized carbons (Fsp3) is 0.619. The topological polar surface area (TPSA) is 12.0 Å². The summed E-state index contributed by atoms with van der Waals surface area (Å²) in [5, 5.41) is 3.84. The van der Waals surface area contributed by atoms with E-state index in [2.05, 4.69) is 64.2 Å². The molecule has 0 radical (unpaired) electrons. The van der Waals surface area contributed by atoms with E-state index in [-0.39, 0.29) is 0 Å². The van der Waals surface area contributed by atoms with E-state index in [4.69, 9.17) is 0 Å². The standard InChI is InChI=1S/C21H31N/c1-15-8-6-10-17(12-15)22-19-13-16-9-7-11-20(2,3)18(16)14-21(19,4)5/h6,8,10,12,19,22H,7,9,11,13-14H2,1-5H3. The van der Waals surface area contributed by atoms with Gasteiger partial charge in [0, 0.05) is 11.7 Å². The van der Waals surface area contributed by atoms with Crippen LogP contribution in [0.15, 0.2) is 35.4 Å². The first-order valence-electron chi connectivity index (χ1n) is 8.82. The molecule has 0 fully saturated rings. The van der Waals surface area contributed by atoms with Crippen molar-refractivity contribution in [2.75, 3.05) is 5.32 Å². The molecule has 22 heavy (non-hydrogen) atoms. The Kier molecular flexibility index (Phi) is 3.87. The van der Waals surface area contributed by atoms with Gasteiger partial charge in [-0.05, 0) is 67.6 Å². The molecule has 1 unspecified atom stereocenters. The Morgan fingerprint density at radius 3 is 2.64 bits per heavy atom. The second-order valence-electron chi connectivity index (χ2n) is 8.76. The number of hydrogen-bond acceptors (Lipinski definition) is 1. The van der Waals surface area contributed by atoms with Gasteiger partial charge in [-0.1, -0.05) is 51.0 Å². The van der Waals surface area contributed by atoms with Gasteiger partial charge in [-0.15, -0.1) is 0 Å². The molecule has 0 aliphatic heterocycles. The van der Waals surface area contributed by atoms with E-state index in [1.807, 2.05) is 0 Å². The van der Waals surface area contributed by atoms with E-state index in [0.29, 0.717) is 16.9 Å². The number of allylic oxidation sites excluding steroid dienone is 1. The van der Waals surface area contributed by atoms with Crippen molar-refractivity contribution in [3.05, 3.63) is 41.0 Å². The van der Waals surface area contributed by atoms with Crippen molar-refractivity contribution in [2.24, 2.45) is 10.8 Å². The minimum Gasteiger partial charge on any atom is -0.381 e. The third-order valence-corrected chi connectivity index (χ3v) is 5.91. The molecule has 1 nitrogen and oxygen atoms in total. The number of hydrogen-bond donors (Lipinski definition) is 1. The maximum Gasteiger partial charge on any atom is 0.0352 e. The number of nitrogens with one attached hydrogen (secondary N) is 1. The lowest BCUT2D eigenvalue weighted by Crippen LogP contribution is -2.43. The minimum atomic E-state index is 0.317. The molecule has 0 spiro atoms. The first-order valence-corrected chi connectivity index (χ1v) is 8.82. The molecule has 1 aromatic rings. The number of rotatable bonds is 2. The summed E-state index contributed by atoms with van der Waals surface area (Å²) >= 11 is 0. The van der Waals surface area contributed by atoms with Crippen molar-refractivity contribution >= 4 is 5.69 Å². The molecular formula is C21H31N. The largest absolute Gasteiger partial charge is 0.381 e. The molecule has 0 bridgehead atoms. The monoisotopic (exact) mass is 297 g/mol. The second-order valence-corrected chi connectivity index (χ2v) is 8.76. The van der Waals surface area contributed by atoms with E-state index >= 15 is 0 Å². The first-order chi connectivity index (χ1) is 10.3. The van der Waals surface area contributed by atoms with Crippen LogP contribution in [0.1, 0.15) is 65.4 Å². The Bertz CT molecular complexity index is 592. The summed E-state index contributed by atoms with van der Waals surface area (Å²) < 4.78 is 0. The molecule has 1 atom stereocenters. The van der Waals surface area contributed by atoms with Crippen LogP contribution in [0.25, 0.3) is 0 Å². The Hall–Kier alpha value is -1.24. The smallest absolute Gasteiger partial charge is 0.0352 e. The lowest BCUT2D eigenvalue weighted by molar-refractivity contribution is 0.225. The van der Waals surface area contributed by atoms with E-state index in [9.17, 15) is 0 Å². The quantitative estimate of drug-likeness (QED) is 0.650. The third kappa shape index (κ3) is 2.95.